The molecule has 71 heavy (non-hydrogen) atoms. The number of hydrogen-bond donors (Lipinski definition) is 4. The molecular weight excluding hydrogens is 929 g/mol. The van der Waals surface area contributed by atoms with E-state index < -0.39 is 76.5 Å². The Labute approximate surface area is 412 Å². The van der Waals surface area contributed by atoms with Gasteiger partial charge in [0.05, 0.1) is 34.5 Å². The first-order valence-electron chi connectivity index (χ1n) is 22.9. The molecule has 0 aliphatic carbocycles. The summed E-state index contributed by atoms with van der Waals surface area (Å²) in [6.07, 6.45) is -2.02. The summed E-state index contributed by atoms with van der Waals surface area (Å²) in [6.45, 7) is 22.4. The zero-order chi connectivity index (χ0) is 53.2. The van der Waals surface area contributed by atoms with Gasteiger partial charge in [0.2, 0.25) is 11.9 Å². The number of nitrogens with zero attached hydrogens (tertiary/aromatic N) is 6. The summed E-state index contributed by atoms with van der Waals surface area (Å²) >= 11 is 0. The highest BCUT2D eigenvalue weighted by molar-refractivity contribution is 6.21. The molecule has 0 spiro atoms. The van der Waals surface area contributed by atoms with E-state index in [9.17, 15) is 43.5 Å². The van der Waals surface area contributed by atoms with Gasteiger partial charge in [-0.15, -0.1) is 20.1 Å². The molecule has 0 saturated carbocycles. The highest BCUT2D eigenvalue weighted by atomic mass is 16.7. The third kappa shape index (κ3) is 17.7. The second kappa shape index (κ2) is 23.3. The summed E-state index contributed by atoms with van der Waals surface area (Å²) in [5.41, 5.74) is -1.73. The average Bonchev–Trinajstić information content (AvgIpc) is 3.61. The molecule has 0 aromatic heterocycles. The molecule has 2 aromatic rings. The molecule has 0 bridgehead atoms. The lowest BCUT2D eigenvalue weighted by atomic mass is 10.1. The highest BCUT2D eigenvalue weighted by Gasteiger charge is 2.39. The van der Waals surface area contributed by atoms with Crippen LogP contribution in [0.15, 0.2) is 58.5 Å². The van der Waals surface area contributed by atoms with Crippen molar-refractivity contribution in [2.75, 3.05) is 26.2 Å². The number of ether oxygens (including phenoxy) is 4. The van der Waals surface area contributed by atoms with Crippen molar-refractivity contribution in [3.05, 3.63) is 70.8 Å². The topological polar surface area (TPSA) is 285 Å². The van der Waals surface area contributed by atoms with Crippen LogP contribution < -0.4 is 10.6 Å². The fourth-order valence-corrected chi connectivity index (χ4v) is 6.73. The molecule has 0 atom stereocenters. The quantitative estimate of drug-likeness (QED) is 0.0829. The molecule has 6 rings (SSSR count). The minimum Gasteiger partial charge on any atom is -0.444 e. The van der Waals surface area contributed by atoms with Crippen molar-refractivity contribution in [2.24, 2.45) is 9.98 Å². The summed E-state index contributed by atoms with van der Waals surface area (Å²) in [6, 6.07) is 12.8. The summed E-state index contributed by atoms with van der Waals surface area (Å²) in [5, 5.41) is 24.5. The molecule has 2 saturated heterocycles. The third-order valence-electron chi connectivity index (χ3n) is 9.70. The number of guanidine groups is 2. The number of amides is 8. The van der Waals surface area contributed by atoms with Crippen molar-refractivity contribution >= 4 is 59.9 Å². The lowest BCUT2D eigenvalue weighted by Crippen LogP contribution is -2.51. The molecule has 0 unspecified atom stereocenters. The number of likely N-dealkylation sites (tertiary alicyclic amines) is 2. The maximum absolute atomic E-state index is 12.6. The number of hydroxylamine groups is 4. The molecule has 8 amide bonds. The predicted octanol–water partition coefficient (Wildman–Crippen LogP) is 6.43. The number of carbonyl (C=O) groups is 8. The zero-order valence-electron chi connectivity index (χ0n) is 42.3. The molecule has 4 aliphatic rings. The summed E-state index contributed by atoms with van der Waals surface area (Å²) < 4.78 is 20.9. The fraction of sp³-hybridized carbons (Fsp3) is 0.542. The first kappa shape index (κ1) is 56.6. The highest BCUT2D eigenvalue weighted by Crippen LogP contribution is 2.26. The lowest BCUT2D eigenvalue weighted by Gasteiger charge is -2.34. The largest absolute Gasteiger partial charge is 0.444 e. The maximum Gasteiger partial charge on any atom is 0.437 e. The van der Waals surface area contributed by atoms with Gasteiger partial charge in [-0.25, -0.2) is 19.2 Å². The standard InChI is InChI=1S/C24H32N4O7.C16H29N3O5.C8H5NO3/c1-23(2,3)33-21(31)25-20(26-22(32)34-24(4,5)6)27-13-11-15(12-14-27)35-28-18(29)16-9-7-8-10-17(16)19(28)30;1-15(2,3)23-13(21)17-12(18-14(22)24-16(4,5)6)19-9-7-11(20)8-10-19;10-7-5-3-1-2-4-6(5)8(11)9(7)12/h7-10,15H,11-14H2,1-6H3,(H,25,26,31,32);11,20H,7-10H2,1-6H3,(H,17,18,21,22);1-4,12H. The maximum atomic E-state index is 12.6. The van der Waals surface area contributed by atoms with Crippen molar-refractivity contribution in [1.29, 1.82) is 0 Å². The number of carbonyl (C=O) groups excluding carboxylic acids is 8. The molecular formula is C48H66N8O15. The van der Waals surface area contributed by atoms with E-state index in [-0.39, 0.29) is 34.2 Å². The van der Waals surface area contributed by atoms with Crippen LogP contribution in [0.5, 0.6) is 0 Å². The SMILES string of the molecule is CC(C)(C)OC(=O)N=C(NC(=O)OC(C)(C)C)N1CCC(O)CC1.CC(C)(C)OC(=O)N=C(NC(=O)OC(C)(C)C)N1CCC(ON2C(=O)c3ccccc3C2=O)CC1.O=C1c2ccccc2C(=O)N1O. The Morgan fingerprint density at radius 3 is 1.15 bits per heavy atom. The number of piperidine rings is 2. The first-order chi connectivity index (χ1) is 32.8. The van der Waals surface area contributed by atoms with Crippen LogP contribution in [0.2, 0.25) is 0 Å². The predicted molar refractivity (Wildman–Crippen MR) is 254 cm³/mol. The van der Waals surface area contributed by atoms with Crippen molar-refractivity contribution in [1.82, 2.24) is 30.6 Å². The van der Waals surface area contributed by atoms with E-state index >= 15 is 0 Å². The molecule has 4 N–H and O–H groups in total. The van der Waals surface area contributed by atoms with Gasteiger partial charge >= 0.3 is 24.4 Å². The van der Waals surface area contributed by atoms with E-state index in [1.54, 1.807) is 129 Å². The van der Waals surface area contributed by atoms with Crippen LogP contribution in [0.25, 0.3) is 0 Å². The van der Waals surface area contributed by atoms with Crippen LogP contribution in [-0.2, 0) is 23.8 Å². The van der Waals surface area contributed by atoms with E-state index in [1.165, 1.54) is 12.1 Å². The Morgan fingerprint density at radius 1 is 0.521 bits per heavy atom. The van der Waals surface area contributed by atoms with Crippen molar-refractivity contribution in [2.45, 2.75) is 143 Å². The van der Waals surface area contributed by atoms with E-state index in [4.69, 9.17) is 29.0 Å². The Balaban J connectivity index is 0.000000260. The van der Waals surface area contributed by atoms with Gasteiger partial charge in [-0.2, -0.15) is 0 Å². The van der Waals surface area contributed by atoms with Crippen molar-refractivity contribution < 1.29 is 72.5 Å². The van der Waals surface area contributed by atoms with Crippen LogP contribution >= 0.6 is 0 Å². The van der Waals surface area contributed by atoms with Gasteiger partial charge in [0.15, 0.2) is 0 Å². The zero-order valence-corrected chi connectivity index (χ0v) is 42.3. The number of alkyl carbamates (subject to hydrolysis) is 2. The number of benzene rings is 2. The van der Waals surface area contributed by atoms with E-state index in [2.05, 4.69) is 20.6 Å². The van der Waals surface area contributed by atoms with Crippen LogP contribution in [0.1, 0.15) is 150 Å². The molecule has 4 heterocycles. The van der Waals surface area contributed by atoms with Gasteiger partial charge in [-0.05, 0) is 133 Å². The number of fused-ring (bicyclic) bond motifs is 2. The van der Waals surface area contributed by atoms with Gasteiger partial charge < -0.3 is 33.9 Å². The second-order valence-electron chi connectivity index (χ2n) is 20.5. The molecule has 388 valence electrons. The van der Waals surface area contributed by atoms with Gasteiger partial charge in [-0.3, -0.25) is 39.9 Å². The number of nitrogens with one attached hydrogen (secondary N) is 2. The molecule has 0 radical (unpaired) electrons. The molecule has 2 fully saturated rings. The summed E-state index contributed by atoms with van der Waals surface area (Å²) in [7, 11) is 0. The van der Waals surface area contributed by atoms with Gasteiger partial charge in [0.1, 0.15) is 22.4 Å². The van der Waals surface area contributed by atoms with Crippen LogP contribution in [0.4, 0.5) is 19.2 Å². The Kier molecular flexibility index (Phi) is 18.6. The third-order valence-corrected chi connectivity index (χ3v) is 9.70. The number of aliphatic hydroxyl groups is 1. The number of imide groups is 2. The Bertz CT molecular complexity index is 2310. The van der Waals surface area contributed by atoms with Crippen LogP contribution in [-0.4, -0.2) is 151 Å². The van der Waals surface area contributed by atoms with Gasteiger partial charge in [0.25, 0.3) is 23.6 Å². The van der Waals surface area contributed by atoms with Crippen molar-refractivity contribution in [3.63, 3.8) is 0 Å². The number of aliphatic imine (C=N–C) groups is 2. The Hall–Kier alpha value is -6.98. The molecule has 2 aromatic carbocycles. The first-order valence-corrected chi connectivity index (χ1v) is 22.9. The summed E-state index contributed by atoms with van der Waals surface area (Å²) in [4.78, 5) is 113. The van der Waals surface area contributed by atoms with E-state index in [1.807, 2.05) is 0 Å². The smallest absolute Gasteiger partial charge is 0.437 e. The number of aliphatic hydroxyl groups excluding tert-OH is 1. The second-order valence-corrected chi connectivity index (χ2v) is 20.5. The number of rotatable bonds is 2. The Morgan fingerprint density at radius 2 is 0.831 bits per heavy atom. The van der Waals surface area contributed by atoms with Crippen LogP contribution in [0.3, 0.4) is 0 Å². The monoisotopic (exact) mass is 994 g/mol. The van der Waals surface area contributed by atoms with E-state index in [0.29, 0.717) is 63.0 Å². The van der Waals surface area contributed by atoms with Gasteiger partial charge in [0, 0.05) is 26.2 Å². The lowest BCUT2D eigenvalue weighted by molar-refractivity contribution is -0.143. The van der Waals surface area contributed by atoms with Crippen molar-refractivity contribution in [3.8, 4) is 0 Å². The minimum atomic E-state index is -0.854. The fourth-order valence-electron chi connectivity index (χ4n) is 6.73. The minimum absolute atomic E-state index is 0.00678. The average molecular weight is 995 g/mol. The van der Waals surface area contributed by atoms with E-state index in [0.717, 1.165) is 5.06 Å². The summed E-state index contributed by atoms with van der Waals surface area (Å²) in [5.74, 6) is -2.23. The molecule has 23 nitrogen and oxygen atoms in total. The van der Waals surface area contributed by atoms with Gasteiger partial charge in [-0.1, -0.05) is 24.3 Å². The number of hydrogen-bond acceptors (Lipinski definition) is 15. The molecule has 4 aliphatic heterocycles. The normalized spacial score (nSPS) is 17.0. The van der Waals surface area contributed by atoms with Crippen LogP contribution in [0, 0.1) is 0 Å². The molecule has 23 heteroatoms.